The predicted molar refractivity (Wildman–Crippen MR) is 62.2 cm³/mol. The number of nitrogen functional groups attached to an aromatic ring is 1. The topological polar surface area (TPSA) is 114 Å². The molecule has 1 fully saturated rings. The van der Waals surface area contributed by atoms with Crippen LogP contribution in [0.15, 0.2) is 12.3 Å². The average Bonchev–Trinajstić information content (AvgIpc) is 2.35. The summed E-state index contributed by atoms with van der Waals surface area (Å²) in [6.45, 7) is 0. The van der Waals surface area contributed by atoms with Crippen molar-refractivity contribution >= 4 is 23.5 Å². The number of piperidine rings is 1. The Hall–Kier alpha value is -2.51. The van der Waals surface area contributed by atoms with Crippen LogP contribution in [0.1, 0.15) is 23.2 Å². The highest BCUT2D eigenvalue weighted by atomic mass is 19.1. The number of imide groups is 1. The predicted octanol–water partition coefficient (Wildman–Crippen LogP) is -0.662. The molecule has 1 aromatic rings. The number of pyridine rings is 1. The number of anilines is 1. The molecule has 2 rings (SSSR count). The second-order valence-electron chi connectivity index (χ2n) is 4.06. The second-order valence-corrected chi connectivity index (χ2v) is 4.06. The summed E-state index contributed by atoms with van der Waals surface area (Å²) in [7, 11) is 0. The molecule has 3 amide bonds. The number of hydrogen-bond acceptors (Lipinski definition) is 5. The molecule has 1 aliphatic heterocycles. The molecule has 0 spiro atoms. The molecule has 0 aliphatic carbocycles. The van der Waals surface area contributed by atoms with Crippen LogP contribution < -0.4 is 16.4 Å². The van der Waals surface area contributed by atoms with E-state index in [1.807, 2.05) is 0 Å². The minimum absolute atomic E-state index is 0.133. The SMILES string of the molecule is Nc1ncc(F)cc1C(=O)NC1CCC(=O)NC1=O. The van der Waals surface area contributed by atoms with Crippen LogP contribution in [0.3, 0.4) is 0 Å². The van der Waals surface area contributed by atoms with Crippen molar-refractivity contribution in [3.63, 3.8) is 0 Å². The lowest BCUT2D eigenvalue weighted by atomic mass is 10.1. The van der Waals surface area contributed by atoms with E-state index in [9.17, 15) is 18.8 Å². The highest BCUT2D eigenvalue weighted by molar-refractivity contribution is 6.04. The average molecular weight is 266 g/mol. The fourth-order valence-electron chi connectivity index (χ4n) is 1.70. The highest BCUT2D eigenvalue weighted by Crippen LogP contribution is 2.11. The fraction of sp³-hybridized carbons (Fsp3) is 0.273. The first-order chi connectivity index (χ1) is 8.97. The lowest BCUT2D eigenvalue weighted by Crippen LogP contribution is -2.52. The molecule has 0 radical (unpaired) electrons. The molecule has 2 heterocycles. The summed E-state index contributed by atoms with van der Waals surface area (Å²) in [5.41, 5.74) is 5.31. The molecule has 7 nitrogen and oxygen atoms in total. The van der Waals surface area contributed by atoms with E-state index in [2.05, 4.69) is 15.6 Å². The highest BCUT2D eigenvalue weighted by Gasteiger charge is 2.28. The monoisotopic (exact) mass is 266 g/mol. The third kappa shape index (κ3) is 2.84. The Bertz CT molecular complexity index is 561. The summed E-state index contributed by atoms with van der Waals surface area (Å²) in [6, 6.07) is 0.0941. The number of amides is 3. The van der Waals surface area contributed by atoms with Crippen LogP contribution in [0.2, 0.25) is 0 Å². The van der Waals surface area contributed by atoms with Gasteiger partial charge in [-0.3, -0.25) is 19.7 Å². The standard InChI is InChI=1S/C11H11FN4O3/c12-5-3-6(9(13)14-4-5)10(18)15-7-1-2-8(17)16-11(7)19/h3-4,7H,1-2H2,(H2,13,14)(H,15,18)(H,16,17,19). The quantitative estimate of drug-likeness (QED) is 0.615. The van der Waals surface area contributed by atoms with Crippen LogP contribution in [-0.4, -0.2) is 28.7 Å². The number of hydrogen-bond donors (Lipinski definition) is 3. The summed E-state index contributed by atoms with van der Waals surface area (Å²) < 4.78 is 13.0. The van der Waals surface area contributed by atoms with Crippen LogP contribution in [0.4, 0.5) is 10.2 Å². The summed E-state index contributed by atoms with van der Waals surface area (Å²) in [5.74, 6) is -2.53. The second kappa shape index (κ2) is 5.01. The van der Waals surface area contributed by atoms with Gasteiger partial charge in [-0.15, -0.1) is 0 Å². The molecule has 4 N–H and O–H groups in total. The van der Waals surface area contributed by atoms with Crippen LogP contribution in [-0.2, 0) is 9.59 Å². The zero-order valence-corrected chi connectivity index (χ0v) is 9.77. The zero-order chi connectivity index (χ0) is 14.0. The van der Waals surface area contributed by atoms with Crippen molar-refractivity contribution in [3.05, 3.63) is 23.6 Å². The van der Waals surface area contributed by atoms with E-state index >= 15 is 0 Å². The lowest BCUT2D eigenvalue weighted by Gasteiger charge is -2.21. The zero-order valence-electron chi connectivity index (χ0n) is 9.77. The number of carbonyl (C=O) groups excluding carboxylic acids is 3. The molecule has 0 aromatic carbocycles. The smallest absolute Gasteiger partial charge is 0.255 e. The first-order valence-corrected chi connectivity index (χ1v) is 5.53. The number of nitrogens with one attached hydrogen (secondary N) is 2. The Balaban J connectivity index is 2.11. The van der Waals surface area contributed by atoms with Crippen molar-refractivity contribution in [1.82, 2.24) is 15.6 Å². The third-order valence-corrected chi connectivity index (χ3v) is 2.67. The van der Waals surface area contributed by atoms with Gasteiger partial charge in [0.1, 0.15) is 17.7 Å². The van der Waals surface area contributed by atoms with Crippen LogP contribution in [0, 0.1) is 5.82 Å². The largest absolute Gasteiger partial charge is 0.383 e. The molecular formula is C11H11FN4O3. The van der Waals surface area contributed by atoms with Crippen LogP contribution in [0.25, 0.3) is 0 Å². The Kier molecular flexibility index (Phi) is 3.41. The van der Waals surface area contributed by atoms with Gasteiger partial charge in [-0.2, -0.15) is 0 Å². The van der Waals surface area contributed by atoms with Crippen molar-refractivity contribution in [2.75, 3.05) is 5.73 Å². The molecular weight excluding hydrogens is 255 g/mol. The van der Waals surface area contributed by atoms with Gasteiger partial charge in [-0.1, -0.05) is 0 Å². The van der Waals surface area contributed by atoms with Gasteiger partial charge in [-0.25, -0.2) is 9.37 Å². The Morgan fingerprint density at radius 1 is 1.53 bits per heavy atom. The molecule has 0 saturated carbocycles. The minimum Gasteiger partial charge on any atom is -0.383 e. The van der Waals surface area contributed by atoms with Crippen LogP contribution in [0.5, 0.6) is 0 Å². The molecule has 1 atom stereocenters. The molecule has 100 valence electrons. The number of nitrogens with zero attached hydrogens (tertiary/aromatic N) is 1. The van der Waals surface area contributed by atoms with E-state index in [0.717, 1.165) is 12.3 Å². The molecule has 0 bridgehead atoms. The van der Waals surface area contributed by atoms with E-state index in [1.54, 1.807) is 0 Å². The van der Waals surface area contributed by atoms with Gasteiger partial charge in [0.05, 0.1) is 11.8 Å². The number of nitrogens with two attached hydrogens (primary N) is 1. The maximum Gasteiger partial charge on any atom is 0.255 e. The summed E-state index contributed by atoms with van der Waals surface area (Å²) >= 11 is 0. The Morgan fingerprint density at radius 3 is 2.95 bits per heavy atom. The fourth-order valence-corrected chi connectivity index (χ4v) is 1.70. The van der Waals surface area contributed by atoms with Crippen molar-refractivity contribution in [1.29, 1.82) is 0 Å². The maximum atomic E-state index is 13.0. The Labute approximate surface area is 107 Å². The first-order valence-electron chi connectivity index (χ1n) is 5.53. The molecule has 1 aliphatic rings. The van der Waals surface area contributed by atoms with Gasteiger partial charge in [0.2, 0.25) is 11.8 Å². The van der Waals surface area contributed by atoms with E-state index in [1.165, 1.54) is 0 Å². The van der Waals surface area contributed by atoms with Gasteiger partial charge >= 0.3 is 0 Å². The van der Waals surface area contributed by atoms with Gasteiger partial charge in [0.25, 0.3) is 5.91 Å². The van der Waals surface area contributed by atoms with E-state index in [0.29, 0.717) is 0 Å². The molecule has 19 heavy (non-hydrogen) atoms. The number of halogens is 1. The first kappa shape index (κ1) is 12.9. The van der Waals surface area contributed by atoms with Crippen molar-refractivity contribution in [2.45, 2.75) is 18.9 Å². The molecule has 1 saturated heterocycles. The number of rotatable bonds is 2. The maximum absolute atomic E-state index is 13.0. The van der Waals surface area contributed by atoms with Crippen LogP contribution >= 0.6 is 0 Å². The summed E-state index contributed by atoms with van der Waals surface area (Å²) in [6.07, 6.45) is 1.21. The van der Waals surface area contributed by atoms with E-state index in [4.69, 9.17) is 5.73 Å². The Morgan fingerprint density at radius 2 is 2.26 bits per heavy atom. The molecule has 1 aromatic heterocycles. The van der Waals surface area contributed by atoms with E-state index in [-0.39, 0.29) is 30.1 Å². The van der Waals surface area contributed by atoms with Gasteiger partial charge < -0.3 is 11.1 Å². The normalized spacial score (nSPS) is 18.9. The van der Waals surface area contributed by atoms with Gasteiger partial charge in [0, 0.05) is 6.42 Å². The van der Waals surface area contributed by atoms with Gasteiger partial charge in [0.15, 0.2) is 0 Å². The third-order valence-electron chi connectivity index (χ3n) is 2.67. The summed E-state index contributed by atoms with van der Waals surface area (Å²) in [5, 5.41) is 4.48. The molecule has 1 unspecified atom stereocenters. The van der Waals surface area contributed by atoms with E-state index < -0.39 is 23.7 Å². The minimum atomic E-state index is -0.840. The lowest BCUT2D eigenvalue weighted by molar-refractivity contribution is -0.134. The van der Waals surface area contributed by atoms with Crippen molar-refractivity contribution in [3.8, 4) is 0 Å². The number of carbonyl (C=O) groups is 3. The van der Waals surface area contributed by atoms with Crippen molar-refractivity contribution < 1.29 is 18.8 Å². The summed E-state index contributed by atoms with van der Waals surface area (Å²) in [4.78, 5) is 37.8. The molecule has 8 heteroatoms. The number of aromatic nitrogens is 1. The van der Waals surface area contributed by atoms with Gasteiger partial charge in [-0.05, 0) is 12.5 Å². The van der Waals surface area contributed by atoms with Crippen molar-refractivity contribution in [2.24, 2.45) is 0 Å².